The summed E-state index contributed by atoms with van der Waals surface area (Å²) in [7, 11) is 0. The van der Waals surface area contributed by atoms with Gasteiger partial charge in [-0.05, 0) is 126 Å². The van der Waals surface area contributed by atoms with Crippen molar-refractivity contribution in [3.8, 4) is 5.69 Å². The highest BCUT2D eigenvalue weighted by atomic mass is 15.2. The summed E-state index contributed by atoms with van der Waals surface area (Å²) in [4.78, 5) is 5.08. The predicted octanol–water partition coefficient (Wildman–Crippen LogP) is 13.0. The van der Waals surface area contributed by atoms with E-state index in [-0.39, 0.29) is 6.71 Å². The number of benzene rings is 7. The molecule has 282 valence electrons. The van der Waals surface area contributed by atoms with E-state index in [0.717, 1.165) is 0 Å². The minimum atomic E-state index is 0.0975. The fourth-order valence-electron chi connectivity index (χ4n) is 11.4. The lowest BCUT2D eigenvalue weighted by atomic mass is 9.33. The van der Waals surface area contributed by atoms with Crippen molar-refractivity contribution in [3.05, 3.63) is 169 Å². The normalized spacial score (nSPS) is 16.7. The second-order valence-corrected chi connectivity index (χ2v) is 17.3. The molecule has 7 aromatic carbocycles. The molecule has 3 heterocycles. The van der Waals surface area contributed by atoms with Gasteiger partial charge in [0.1, 0.15) is 0 Å². The van der Waals surface area contributed by atoms with Gasteiger partial charge in [0.2, 0.25) is 0 Å². The number of hydrogen-bond donors (Lipinski definition) is 0. The molecule has 0 unspecified atom stereocenters. The number of hydrogen-bond acceptors (Lipinski definition) is 2. The number of para-hydroxylation sites is 4. The van der Waals surface area contributed by atoms with Gasteiger partial charge >= 0.3 is 0 Å². The van der Waals surface area contributed by atoms with Gasteiger partial charge in [0.15, 0.2) is 0 Å². The Kier molecular flexibility index (Phi) is 8.13. The van der Waals surface area contributed by atoms with E-state index in [4.69, 9.17) is 0 Å². The Balaban J connectivity index is 1.19. The van der Waals surface area contributed by atoms with Gasteiger partial charge < -0.3 is 14.4 Å². The Labute approximate surface area is 342 Å². The maximum Gasteiger partial charge on any atom is 0.252 e. The lowest BCUT2D eigenvalue weighted by Gasteiger charge is -2.44. The number of fused-ring (bicyclic) bond motifs is 7. The third kappa shape index (κ3) is 5.34. The van der Waals surface area contributed by atoms with E-state index >= 15 is 0 Å². The van der Waals surface area contributed by atoms with Crippen LogP contribution in [0.4, 0.5) is 34.1 Å². The van der Waals surface area contributed by atoms with Gasteiger partial charge in [-0.1, -0.05) is 136 Å². The van der Waals surface area contributed by atoms with E-state index in [1.807, 2.05) is 0 Å². The predicted molar refractivity (Wildman–Crippen MR) is 246 cm³/mol. The van der Waals surface area contributed by atoms with E-state index in [1.165, 1.54) is 153 Å². The minimum absolute atomic E-state index is 0.0975. The monoisotopic (exact) mass is 749 g/mol. The molecule has 12 rings (SSSR count). The molecule has 0 N–H and O–H groups in total. The first-order valence-corrected chi connectivity index (χ1v) is 21.9. The second-order valence-electron chi connectivity index (χ2n) is 17.3. The Bertz CT molecular complexity index is 2640. The molecule has 2 fully saturated rings. The number of rotatable bonds is 5. The van der Waals surface area contributed by atoms with Crippen LogP contribution in [0.3, 0.4) is 0 Å². The molecule has 4 aliphatic rings. The topological polar surface area (TPSA) is 11.4 Å². The zero-order valence-electron chi connectivity index (χ0n) is 33.2. The van der Waals surface area contributed by atoms with Gasteiger partial charge in [-0.3, -0.25) is 0 Å². The molecule has 3 nitrogen and oxygen atoms in total. The molecule has 0 bridgehead atoms. The van der Waals surface area contributed by atoms with Crippen LogP contribution in [0.15, 0.2) is 158 Å². The third-order valence-corrected chi connectivity index (χ3v) is 14.1. The summed E-state index contributed by atoms with van der Waals surface area (Å²) in [5, 5.41) is 2.70. The fourth-order valence-corrected chi connectivity index (χ4v) is 11.4. The zero-order valence-corrected chi connectivity index (χ0v) is 33.2. The van der Waals surface area contributed by atoms with Gasteiger partial charge in [-0.25, -0.2) is 0 Å². The van der Waals surface area contributed by atoms with Crippen LogP contribution in [-0.4, -0.2) is 11.3 Å². The highest BCUT2D eigenvalue weighted by Gasteiger charge is 2.43. The molecular formula is C54H48BN3. The summed E-state index contributed by atoms with van der Waals surface area (Å²) in [5.74, 6) is 1.26. The van der Waals surface area contributed by atoms with E-state index in [1.54, 1.807) is 0 Å². The van der Waals surface area contributed by atoms with E-state index in [9.17, 15) is 0 Å². The summed E-state index contributed by atoms with van der Waals surface area (Å²) in [6.45, 7) is 0.0975. The second kappa shape index (κ2) is 13.8. The molecule has 58 heavy (non-hydrogen) atoms. The Morgan fingerprint density at radius 3 is 1.28 bits per heavy atom. The molecule has 2 aliphatic carbocycles. The van der Waals surface area contributed by atoms with Crippen LogP contribution in [0.2, 0.25) is 0 Å². The average Bonchev–Trinajstić information content (AvgIpc) is 3.63. The maximum atomic E-state index is 2.66. The van der Waals surface area contributed by atoms with E-state index in [0.29, 0.717) is 11.8 Å². The molecule has 2 aliphatic heterocycles. The van der Waals surface area contributed by atoms with Crippen molar-refractivity contribution in [2.45, 2.75) is 76.0 Å². The van der Waals surface area contributed by atoms with Crippen molar-refractivity contribution in [2.24, 2.45) is 0 Å². The summed E-state index contributed by atoms with van der Waals surface area (Å²) < 4.78 is 2.66. The Morgan fingerprint density at radius 2 is 0.810 bits per heavy atom. The van der Waals surface area contributed by atoms with Crippen LogP contribution in [0.5, 0.6) is 0 Å². The van der Waals surface area contributed by atoms with Crippen molar-refractivity contribution >= 4 is 79.0 Å². The van der Waals surface area contributed by atoms with Crippen molar-refractivity contribution < 1.29 is 0 Å². The van der Waals surface area contributed by atoms with Crippen LogP contribution in [0, 0.1) is 0 Å². The molecule has 0 radical (unpaired) electrons. The highest BCUT2D eigenvalue weighted by Crippen LogP contribution is 2.47. The van der Waals surface area contributed by atoms with Gasteiger partial charge in [0.25, 0.3) is 6.71 Å². The van der Waals surface area contributed by atoms with Gasteiger partial charge in [0, 0.05) is 44.9 Å². The molecular weight excluding hydrogens is 701 g/mol. The van der Waals surface area contributed by atoms with Gasteiger partial charge in [-0.2, -0.15) is 0 Å². The van der Waals surface area contributed by atoms with Crippen LogP contribution in [0.25, 0.3) is 27.5 Å². The van der Waals surface area contributed by atoms with E-state index < -0.39 is 0 Å². The Morgan fingerprint density at radius 1 is 0.379 bits per heavy atom. The summed E-state index contributed by atoms with van der Waals surface area (Å²) in [6, 6.07) is 60.4. The lowest BCUT2D eigenvalue weighted by molar-refractivity contribution is 0.444. The lowest BCUT2D eigenvalue weighted by Crippen LogP contribution is -2.61. The smallest absolute Gasteiger partial charge is 0.252 e. The average molecular weight is 750 g/mol. The number of anilines is 6. The summed E-state index contributed by atoms with van der Waals surface area (Å²) in [6.07, 6.45) is 13.2. The van der Waals surface area contributed by atoms with Crippen molar-refractivity contribution in [1.29, 1.82) is 0 Å². The van der Waals surface area contributed by atoms with Crippen LogP contribution < -0.4 is 26.2 Å². The zero-order chi connectivity index (χ0) is 38.2. The van der Waals surface area contributed by atoms with Crippen molar-refractivity contribution in [2.75, 3.05) is 9.80 Å². The molecule has 0 atom stereocenters. The molecule has 0 saturated heterocycles. The van der Waals surface area contributed by atoms with Crippen LogP contribution in [0.1, 0.15) is 87.2 Å². The highest BCUT2D eigenvalue weighted by molar-refractivity contribution is 7.00. The quantitative estimate of drug-likeness (QED) is 0.162. The first kappa shape index (κ1) is 34.1. The molecule has 0 spiro atoms. The SMILES string of the molecule is c1ccc(N2c3ccccc3B3c4ccccc4N(c4ccccc4)c4cc(-n5c6cc(C7CCCCC7)ccc6c6ccc(C7CCCCC7)cc65)cc2c43)cc1. The summed E-state index contributed by atoms with van der Waals surface area (Å²) in [5.41, 5.74) is 18.3. The molecule has 4 heteroatoms. The largest absolute Gasteiger partial charge is 0.311 e. The van der Waals surface area contributed by atoms with Crippen molar-refractivity contribution in [1.82, 2.24) is 4.57 Å². The molecule has 1 aromatic heterocycles. The van der Waals surface area contributed by atoms with Gasteiger partial charge in [0.05, 0.1) is 16.7 Å². The standard InChI is InChI=1S/C54H48BN3/c1-5-17-37(18-6-1)39-29-31-44-45-32-30-40(38-19-7-2-8-20-38)34-51(45)58(50(44)33-39)43-35-52-54-53(36-43)57(42-23-11-4-12-24-42)49-28-16-14-26-47(49)55(54)46-25-13-15-27-48(46)56(52)41-21-9-3-10-22-41/h3-4,9-16,21-38H,1-2,5-8,17-20H2. The summed E-state index contributed by atoms with van der Waals surface area (Å²) >= 11 is 0. The van der Waals surface area contributed by atoms with E-state index in [2.05, 4.69) is 172 Å². The first-order chi connectivity index (χ1) is 28.8. The van der Waals surface area contributed by atoms with Crippen LogP contribution in [-0.2, 0) is 0 Å². The minimum Gasteiger partial charge on any atom is -0.311 e. The van der Waals surface area contributed by atoms with Crippen molar-refractivity contribution in [3.63, 3.8) is 0 Å². The Hall–Kier alpha value is -6.00. The molecule has 8 aromatic rings. The number of aromatic nitrogens is 1. The molecule has 0 amide bonds. The fraction of sp³-hybridized carbons (Fsp3) is 0.222. The van der Waals surface area contributed by atoms with Gasteiger partial charge in [-0.15, -0.1) is 0 Å². The van der Waals surface area contributed by atoms with Crippen LogP contribution >= 0.6 is 0 Å². The number of nitrogens with zero attached hydrogens (tertiary/aromatic N) is 3. The third-order valence-electron chi connectivity index (χ3n) is 14.1. The maximum absolute atomic E-state index is 2.66. The first-order valence-electron chi connectivity index (χ1n) is 21.9. The molecule has 2 saturated carbocycles.